The van der Waals surface area contributed by atoms with Crippen molar-refractivity contribution in [2.75, 3.05) is 102 Å². The third-order valence-corrected chi connectivity index (χ3v) is 15.6. The zero-order chi connectivity index (χ0) is 50.3. The van der Waals surface area contributed by atoms with Crippen LogP contribution in [0.2, 0.25) is 0 Å². The van der Waals surface area contributed by atoms with Gasteiger partial charge in [0.15, 0.2) is 0 Å². The Hall–Kier alpha value is -6.72. The van der Waals surface area contributed by atoms with Crippen LogP contribution in [0.25, 0.3) is 42.0 Å². The lowest BCUT2D eigenvalue weighted by molar-refractivity contribution is -0.152. The zero-order valence-electron chi connectivity index (χ0n) is 41.9. The summed E-state index contributed by atoms with van der Waals surface area (Å²) in [5, 5.41) is 8.98. The number of hydrogen-bond acceptors (Lipinski definition) is 16. The molecule has 0 amide bonds. The van der Waals surface area contributed by atoms with Crippen LogP contribution >= 0.6 is 22.7 Å². The quantitative estimate of drug-likeness (QED) is 0.0306. The van der Waals surface area contributed by atoms with Gasteiger partial charge in [-0.3, -0.25) is 19.4 Å². The van der Waals surface area contributed by atoms with Crippen molar-refractivity contribution in [2.45, 2.75) is 51.4 Å². The Morgan fingerprint density at radius 1 is 0.473 bits per heavy atom. The van der Waals surface area contributed by atoms with Gasteiger partial charge < -0.3 is 38.2 Å². The van der Waals surface area contributed by atoms with E-state index >= 15 is 0 Å². The van der Waals surface area contributed by atoms with Crippen molar-refractivity contribution in [3.63, 3.8) is 0 Å². The smallest absolute Gasteiger partial charge is 0.308 e. The molecule has 0 radical (unpaired) electrons. The van der Waals surface area contributed by atoms with Gasteiger partial charge in [0.25, 0.3) is 0 Å². The molecule has 0 N–H and O–H groups in total. The fourth-order valence-electron chi connectivity index (χ4n) is 9.68. The van der Waals surface area contributed by atoms with Crippen LogP contribution in [0.1, 0.15) is 51.4 Å². The van der Waals surface area contributed by atoms with Crippen LogP contribution in [0, 0.1) is 0 Å². The van der Waals surface area contributed by atoms with Crippen LogP contribution in [0.5, 0.6) is 23.3 Å². The summed E-state index contributed by atoms with van der Waals surface area (Å²) >= 11 is 3.61. The number of carbonyl (C=O) groups excluding carboxylic acids is 2. The lowest BCUT2D eigenvalue weighted by Gasteiger charge is -2.36. The topological polar surface area (TPSA) is 128 Å². The molecule has 0 spiro atoms. The van der Waals surface area contributed by atoms with E-state index in [4.69, 9.17) is 28.4 Å². The van der Waals surface area contributed by atoms with Crippen molar-refractivity contribution in [3.05, 3.63) is 120 Å². The molecule has 10 rings (SSSR count). The van der Waals surface area contributed by atoms with Crippen molar-refractivity contribution in [1.29, 1.82) is 0 Å². The lowest BCUT2D eigenvalue weighted by atomic mass is 10.2. The third-order valence-electron chi connectivity index (χ3n) is 13.8. The van der Waals surface area contributed by atoms with E-state index in [-0.39, 0.29) is 26.4 Å². The first-order chi connectivity index (χ1) is 36.5. The Labute approximate surface area is 440 Å². The standard InChI is InChI=1S/C58H64N6O8S2/c65-57(71-41-69-55-21-17-43-15-19-45(39-49(43)59-55)67-35-5-3-25-61-27-31-63(32-28-61)51-9-7-11-53-47(51)23-37-73-53)13-1-2-14-58(66)72-42-70-56-22-18-44-16-20-46(40-50(44)60-56)68-36-6-4-26-62-29-33-64(34-30-62)52-10-8-12-54-48(52)24-38-74-54/h7-12,15-24,37-40H,1-6,13-14,25-36,41-42H2. The number of fused-ring (bicyclic) bond motifs is 4. The number of hydrogen-bond donors (Lipinski definition) is 0. The number of aromatic nitrogens is 2. The Kier molecular flexibility index (Phi) is 17.5. The molecule has 0 unspecified atom stereocenters. The number of rotatable bonds is 25. The van der Waals surface area contributed by atoms with Crippen LogP contribution in [0.4, 0.5) is 11.4 Å². The molecule has 0 atom stereocenters. The maximum atomic E-state index is 12.4. The van der Waals surface area contributed by atoms with E-state index in [1.165, 1.54) is 31.5 Å². The summed E-state index contributed by atoms with van der Waals surface area (Å²) < 4.78 is 36.8. The molecule has 8 aromatic rings. The van der Waals surface area contributed by atoms with Gasteiger partial charge in [0.2, 0.25) is 25.3 Å². The van der Waals surface area contributed by atoms with Gasteiger partial charge in [-0.25, -0.2) is 9.97 Å². The van der Waals surface area contributed by atoms with Crippen molar-refractivity contribution in [3.8, 4) is 23.3 Å². The number of carbonyl (C=O) groups is 2. The number of anilines is 2. The molecule has 16 heteroatoms. The second-order valence-electron chi connectivity index (χ2n) is 18.8. The summed E-state index contributed by atoms with van der Waals surface area (Å²) in [6.45, 7) is 11.3. The molecule has 2 aliphatic rings. The van der Waals surface area contributed by atoms with Crippen LogP contribution in [0.15, 0.2) is 120 Å². The van der Waals surface area contributed by atoms with Crippen LogP contribution in [-0.2, 0) is 19.1 Å². The highest BCUT2D eigenvalue weighted by Gasteiger charge is 2.20. The first-order valence-electron chi connectivity index (χ1n) is 26.0. The maximum Gasteiger partial charge on any atom is 0.308 e. The minimum absolute atomic E-state index is 0.141. The summed E-state index contributed by atoms with van der Waals surface area (Å²) in [6, 6.07) is 36.7. The zero-order valence-corrected chi connectivity index (χ0v) is 43.5. The van der Waals surface area contributed by atoms with Crippen LogP contribution < -0.4 is 28.7 Å². The van der Waals surface area contributed by atoms with E-state index < -0.39 is 11.9 Å². The highest BCUT2D eigenvalue weighted by molar-refractivity contribution is 7.17. The molecular weight excluding hydrogens is 973 g/mol. The Bertz CT molecular complexity index is 2910. The van der Waals surface area contributed by atoms with Crippen LogP contribution in [-0.4, -0.2) is 124 Å². The highest BCUT2D eigenvalue weighted by atomic mass is 32.1. The minimum atomic E-state index is -0.424. The van der Waals surface area contributed by atoms with Crippen molar-refractivity contribution >= 4 is 88.0 Å². The summed E-state index contributed by atoms with van der Waals surface area (Å²) in [4.78, 5) is 44.2. The van der Waals surface area contributed by atoms with E-state index in [1.54, 1.807) is 34.8 Å². The molecule has 4 aromatic heterocycles. The van der Waals surface area contributed by atoms with E-state index in [0.717, 1.165) is 124 Å². The summed E-state index contributed by atoms with van der Waals surface area (Å²) in [6.07, 6.45) is 5.27. The van der Waals surface area contributed by atoms with Crippen LogP contribution in [0.3, 0.4) is 0 Å². The highest BCUT2D eigenvalue weighted by Crippen LogP contribution is 2.33. The van der Waals surface area contributed by atoms with E-state index in [2.05, 4.69) is 88.9 Å². The van der Waals surface area contributed by atoms with Crippen molar-refractivity contribution < 1.29 is 38.0 Å². The van der Waals surface area contributed by atoms with E-state index in [0.29, 0.717) is 37.8 Å². The molecular formula is C58H64N6O8S2. The summed E-state index contributed by atoms with van der Waals surface area (Å²) in [5.41, 5.74) is 4.17. The molecule has 0 aliphatic carbocycles. The largest absolute Gasteiger partial charge is 0.494 e. The molecule has 4 aromatic carbocycles. The summed E-state index contributed by atoms with van der Waals surface area (Å²) in [7, 11) is 0. The van der Waals surface area contributed by atoms with Gasteiger partial charge in [-0.1, -0.05) is 12.1 Å². The number of piperazine rings is 2. The third kappa shape index (κ3) is 13.7. The fourth-order valence-corrected chi connectivity index (χ4v) is 11.3. The van der Waals surface area contributed by atoms with E-state index in [9.17, 15) is 9.59 Å². The number of ether oxygens (including phenoxy) is 6. The normalized spacial score (nSPS) is 14.5. The minimum Gasteiger partial charge on any atom is -0.494 e. The predicted octanol–water partition coefficient (Wildman–Crippen LogP) is 11.2. The average molecular weight is 1040 g/mol. The number of pyridine rings is 2. The fraction of sp³-hybridized carbons (Fsp3) is 0.379. The van der Waals surface area contributed by atoms with Gasteiger partial charge in [0.05, 0.1) is 24.2 Å². The number of benzene rings is 4. The molecule has 0 saturated carbocycles. The second-order valence-corrected chi connectivity index (χ2v) is 20.7. The Morgan fingerprint density at radius 2 is 0.919 bits per heavy atom. The van der Waals surface area contributed by atoms with Crippen molar-refractivity contribution in [2.24, 2.45) is 0 Å². The molecule has 2 saturated heterocycles. The van der Waals surface area contributed by atoms with Crippen molar-refractivity contribution in [1.82, 2.24) is 19.8 Å². The molecule has 2 fully saturated rings. The average Bonchev–Trinajstić information content (AvgIpc) is 4.13. The SMILES string of the molecule is O=C(CCCCC(=O)OCOc1ccc2ccc(OCCCCN3CCN(c4cccc5sccc45)CC3)cc2n1)OCOc1ccc2ccc(OCCCCN3CCN(c4cccc5sccc45)CC3)cc2n1. The number of nitrogens with zero attached hydrogens (tertiary/aromatic N) is 6. The van der Waals surface area contributed by atoms with Gasteiger partial charge in [-0.05, 0) is 135 Å². The molecule has 14 nitrogen and oxygen atoms in total. The monoisotopic (exact) mass is 1040 g/mol. The van der Waals surface area contributed by atoms with Gasteiger partial charge in [0.1, 0.15) is 11.5 Å². The van der Waals surface area contributed by atoms with E-state index in [1.807, 2.05) is 48.5 Å². The number of thiophene rings is 2. The van der Waals surface area contributed by atoms with Gasteiger partial charge in [0, 0.05) is 132 Å². The molecule has 74 heavy (non-hydrogen) atoms. The molecule has 6 heterocycles. The van der Waals surface area contributed by atoms with Gasteiger partial charge in [-0.15, -0.1) is 22.7 Å². The number of esters is 2. The number of unbranched alkanes of at least 4 members (excludes halogenated alkanes) is 3. The first kappa shape index (κ1) is 50.8. The van der Waals surface area contributed by atoms with Gasteiger partial charge >= 0.3 is 11.9 Å². The Balaban J connectivity index is 0.550. The molecule has 386 valence electrons. The maximum absolute atomic E-state index is 12.4. The second kappa shape index (κ2) is 25.5. The molecule has 2 aliphatic heterocycles. The predicted molar refractivity (Wildman–Crippen MR) is 296 cm³/mol. The van der Waals surface area contributed by atoms with Gasteiger partial charge in [-0.2, -0.15) is 0 Å². The molecule has 0 bridgehead atoms. The lowest BCUT2D eigenvalue weighted by Crippen LogP contribution is -2.46. The summed E-state index contributed by atoms with van der Waals surface area (Å²) in [5.74, 6) is 1.35. The first-order valence-corrected chi connectivity index (χ1v) is 27.7. The Morgan fingerprint density at radius 3 is 1.38 bits per heavy atom.